The Morgan fingerprint density at radius 2 is 1.92 bits per heavy atom. The summed E-state index contributed by atoms with van der Waals surface area (Å²) < 4.78 is 13.8. The lowest BCUT2D eigenvalue weighted by molar-refractivity contribution is -0.0120. The number of hydrogen-bond acceptors (Lipinski definition) is 6. The van der Waals surface area contributed by atoms with Crippen molar-refractivity contribution in [1.82, 2.24) is 19.5 Å². The molecule has 1 unspecified atom stereocenters. The minimum atomic E-state index is -0.0117. The fraction of sp³-hybridized carbons (Fsp3) is 0.706. The van der Waals surface area contributed by atoms with E-state index in [-0.39, 0.29) is 6.23 Å². The molecule has 2 fully saturated rings. The van der Waals surface area contributed by atoms with Crippen LogP contribution in [0.1, 0.15) is 33.4 Å². The number of nitrogens with zero attached hydrogens (tertiary/aromatic N) is 5. The average molecular weight is 331 g/mol. The number of imidazole rings is 1. The van der Waals surface area contributed by atoms with Gasteiger partial charge in [-0.05, 0) is 12.3 Å². The molecule has 0 aliphatic carbocycles. The van der Waals surface area contributed by atoms with E-state index in [2.05, 4.69) is 45.2 Å². The zero-order chi connectivity index (χ0) is 16.7. The molecule has 4 atom stereocenters. The third kappa shape index (κ3) is 2.46. The van der Waals surface area contributed by atoms with Gasteiger partial charge in [0.25, 0.3) is 0 Å². The Morgan fingerprint density at radius 1 is 1.12 bits per heavy atom. The van der Waals surface area contributed by atoms with Crippen LogP contribution in [0.4, 0.5) is 5.82 Å². The largest absolute Gasteiger partial charge is 0.378 e. The molecule has 2 aliphatic rings. The minimum Gasteiger partial charge on any atom is -0.378 e. The van der Waals surface area contributed by atoms with E-state index in [1.165, 1.54) is 0 Å². The summed E-state index contributed by atoms with van der Waals surface area (Å²) in [5.41, 5.74) is 1.70. The summed E-state index contributed by atoms with van der Waals surface area (Å²) in [6, 6.07) is 0. The van der Waals surface area contributed by atoms with Crippen LogP contribution in [-0.2, 0) is 9.47 Å². The van der Waals surface area contributed by atoms with Gasteiger partial charge in [0.05, 0.1) is 25.6 Å². The minimum absolute atomic E-state index is 0.0117. The molecule has 2 aromatic rings. The van der Waals surface area contributed by atoms with Crippen molar-refractivity contribution in [2.45, 2.75) is 39.5 Å². The summed E-state index contributed by atoms with van der Waals surface area (Å²) in [4.78, 5) is 15.8. The predicted molar refractivity (Wildman–Crippen MR) is 90.9 cm³/mol. The molecule has 0 saturated carbocycles. The third-order valence-corrected chi connectivity index (χ3v) is 5.51. The highest BCUT2D eigenvalue weighted by Crippen LogP contribution is 2.41. The van der Waals surface area contributed by atoms with Crippen LogP contribution >= 0.6 is 0 Å². The first-order valence-electron chi connectivity index (χ1n) is 8.86. The number of fused-ring (bicyclic) bond motifs is 1. The Kier molecular flexibility index (Phi) is 4.14. The Labute approximate surface area is 142 Å². The van der Waals surface area contributed by atoms with Gasteiger partial charge in [0.2, 0.25) is 0 Å². The van der Waals surface area contributed by atoms with Crippen LogP contribution in [0.25, 0.3) is 11.2 Å². The number of morpholine rings is 1. The van der Waals surface area contributed by atoms with Gasteiger partial charge in [0, 0.05) is 19.0 Å². The maximum Gasteiger partial charge on any atom is 0.167 e. The molecule has 7 heteroatoms. The molecular weight excluding hydrogens is 306 g/mol. The van der Waals surface area contributed by atoms with Gasteiger partial charge in [-0.15, -0.1) is 0 Å². The van der Waals surface area contributed by atoms with E-state index in [1.807, 2.05) is 6.33 Å². The van der Waals surface area contributed by atoms with Gasteiger partial charge in [0.1, 0.15) is 12.6 Å². The Hall–Kier alpha value is -1.73. The summed E-state index contributed by atoms with van der Waals surface area (Å²) >= 11 is 0. The fourth-order valence-corrected chi connectivity index (χ4v) is 3.84. The first kappa shape index (κ1) is 15.8. The van der Waals surface area contributed by atoms with Gasteiger partial charge in [-0.1, -0.05) is 20.8 Å². The number of anilines is 1. The smallest absolute Gasteiger partial charge is 0.167 e. The van der Waals surface area contributed by atoms with Gasteiger partial charge >= 0.3 is 0 Å². The standard InChI is InChI=1S/C17H25N5O2/c1-4-13-11(2)12(3)17(24-13)22-10-20-14-15(18-9-19-16(14)22)21-5-7-23-8-6-21/h9-13,17H,4-8H2,1-3H3/t11?,12-,13+,17+/m0/s1. The van der Waals surface area contributed by atoms with Crippen LogP contribution in [-0.4, -0.2) is 51.9 Å². The van der Waals surface area contributed by atoms with Crippen LogP contribution in [0.2, 0.25) is 0 Å². The Morgan fingerprint density at radius 3 is 2.62 bits per heavy atom. The molecule has 4 rings (SSSR count). The molecule has 0 spiro atoms. The number of hydrogen-bond donors (Lipinski definition) is 0. The number of rotatable bonds is 3. The fourth-order valence-electron chi connectivity index (χ4n) is 3.84. The van der Waals surface area contributed by atoms with Crippen LogP contribution < -0.4 is 4.90 Å². The van der Waals surface area contributed by atoms with E-state index >= 15 is 0 Å². The van der Waals surface area contributed by atoms with E-state index in [0.717, 1.165) is 49.7 Å². The van der Waals surface area contributed by atoms with Crippen molar-refractivity contribution in [1.29, 1.82) is 0 Å². The first-order valence-corrected chi connectivity index (χ1v) is 8.86. The van der Waals surface area contributed by atoms with Crippen LogP contribution in [0, 0.1) is 11.8 Å². The summed E-state index contributed by atoms with van der Waals surface area (Å²) in [6.45, 7) is 9.83. The van der Waals surface area contributed by atoms with Crippen LogP contribution in [0.15, 0.2) is 12.7 Å². The Balaban J connectivity index is 1.71. The van der Waals surface area contributed by atoms with E-state index in [1.54, 1.807) is 6.33 Å². The second-order valence-electron chi connectivity index (χ2n) is 6.81. The van der Waals surface area contributed by atoms with E-state index in [9.17, 15) is 0 Å². The van der Waals surface area contributed by atoms with Crippen LogP contribution in [0.3, 0.4) is 0 Å². The molecule has 0 N–H and O–H groups in total. The average Bonchev–Trinajstić information content (AvgIpc) is 3.17. The molecule has 130 valence electrons. The van der Waals surface area contributed by atoms with E-state index < -0.39 is 0 Å². The van der Waals surface area contributed by atoms with Crippen molar-refractivity contribution in [3.05, 3.63) is 12.7 Å². The summed E-state index contributed by atoms with van der Waals surface area (Å²) in [5, 5.41) is 0. The molecular formula is C17H25N5O2. The van der Waals surface area contributed by atoms with Gasteiger partial charge in [-0.3, -0.25) is 4.57 Å². The highest BCUT2D eigenvalue weighted by atomic mass is 16.5. The molecule has 4 heterocycles. The van der Waals surface area contributed by atoms with Crippen molar-refractivity contribution in [3.8, 4) is 0 Å². The Bertz CT molecular complexity index is 712. The normalized spacial score (nSPS) is 31.0. The zero-order valence-electron chi connectivity index (χ0n) is 14.6. The van der Waals surface area contributed by atoms with E-state index in [0.29, 0.717) is 17.9 Å². The molecule has 24 heavy (non-hydrogen) atoms. The zero-order valence-corrected chi connectivity index (χ0v) is 14.6. The second kappa shape index (κ2) is 6.29. The van der Waals surface area contributed by atoms with Crippen molar-refractivity contribution in [2.75, 3.05) is 31.2 Å². The van der Waals surface area contributed by atoms with Gasteiger partial charge < -0.3 is 14.4 Å². The van der Waals surface area contributed by atoms with Crippen LogP contribution in [0.5, 0.6) is 0 Å². The van der Waals surface area contributed by atoms with Gasteiger partial charge in [0.15, 0.2) is 17.0 Å². The lowest BCUT2D eigenvalue weighted by Gasteiger charge is -2.27. The van der Waals surface area contributed by atoms with Crippen molar-refractivity contribution >= 4 is 17.0 Å². The maximum absolute atomic E-state index is 6.30. The molecule has 0 radical (unpaired) electrons. The topological polar surface area (TPSA) is 65.3 Å². The van der Waals surface area contributed by atoms with Gasteiger partial charge in [-0.25, -0.2) is 15.0 Å². The van der Waals surface area contributed by atoms with Crippen molar-refractivity contribution < 1.29 is 9.47 Å². The van der Waals surface area contributed by atoms with Crippen molar-refractivity contribution in [3.63, 3.8) is 0 Å². The quantitative estimate of drug-likeness (QED) is 0.859. The lowest BCUT2D eigenvalue weighted by atomic mass is 9.91. The highest BCUT2D eigenvalue weighted by Gasteiger charge is 2.39. The van der Waals surface area contributed by atoms with Gasteiger partial charge in [-0.2, -0.15) is 0 Å². The monoisotopic (exact) mass is 331 g/mol. The summed E-state index contributed by atoms with van der Waals surface area (Å²) in [6.07, 6.45) is 4.80. The number of ether oxygens (including phenoxy) is 2. The first-order chi connectivity index (χ1) is 11.7. The predicted octanol–water partition coefficient (Wildman–Crippen LogP) is 2.24. The summed E-state index contributed by atoms with van der Waals surface area (Å²) in [7, 11) is 0. The molecule has 2 aliphatic heterocycles. The molecule has 0 aromatic carbocycles. The number of aromatic nitrogens is 4. The molecule has 7 nitrogen and oxygen atoms in total. The summed E-state index contributed by atoms with van der Waals surface area (Å²) in [5.74, 6) is 1.85. The molecule has 2 saturated heterocycles. The third-order valence-electron chi connectivity index (χ3n) is 5.51. The SMILES string of the molecule is CC[C@H]1O[C@@H](n2cnc3c(N4CCOCC4)ncnc32)[C@@H](C)C1C. The highest BCUT2D eigenvalue weighted by molar-refractivity contribution is 5.83. The van der Waals surface area contributed by atoms with Crippen molar-refractivity contribution in [2.24, 2.45) is 11.8 Å². The second-order valence-corrected chi connectivity index (χ2v) is 6.81. The molecule has 0 bridgehead atoms. The lowest BCUT2D eigenvalue weighted by Crippen LogP contribution is -2.37. The molecule has 0 amide bonds. The molecule has 2 aromatic heterocycles. The maximum atomic E-state index is 6.30. The van der Waals surface area contributed by atoms with E-state index in [4.69, 9.17) is 9.47 Å².